The molecule has 0 bridgehead atoms. The van der Waals surface area contributed by atoms with Crippen molar-refractivity contribution in [2.24, 2.45) is 0 Å². The molecule has 4 nitrogen and oxygen atoms in total. The molecular formula is C25H24F6N2O2. The third kappa shape index (κ3) is 6.86. The molecule has 35 heavy (non-hydrogen) atoms. The Balaban J connectivity index is 2.06. The molecule has 3 rings (SSSR count). The molecule has 1 saturated heterocycles. The standard InChI is InChI=1S/C25H24F6N2O2/c1-16(11-17-7-3-2-4-8-17)15-33(21-9-5-6-10-32-22(21)34)23(35)18-12-19(24(26,27)28)14-20(13-18)25(29,30)31/h2-4,7-8,11-14,21H,5-6,9-10,15H2,1H3,(H,32,34)/b16-11+. The van der Waals surface area contributed by atoms with Crippen LogP contribution in [0, 0.1) is 0 Å². The Bertz CT molecular complexity index is 1060. The van der Waals surface area contributed by atoms with Crippen LogP contribution in [0.5, 0.6) is 0 Å². The van der Waals surface area contributed by atoms with Gasteiger partial charge in [0.2, 0.25) is 5.91 Å². The first-order valence-electron chi connectivity index (χ1n) is 11.0. The number of nitrogens with zero attached hydrogens (tertiary/aromatic N) is 1. The van der Waals surface area contributed by atoms with Gasteiger partial charge in [-0.2, -0.15) is 26.3 Å². The van der Waals surface area contributed by atoms with Crippen molar-refractivity contribution in [3.05, 3.63) is 76.4 Å². The summed E-state index contributed by atoms with van der Waals surface area (Å²) in [6.45, 7) is 1.90. The topological polar surface area (TPSA) is 49.4 Å². The van der Waals surface area contributed by atoms with E-state index in [2.05, 4.69) is 5.32 Å². The van der Waals surface area contributed by atoms with E-state index in [0.29, 0.717) is 37.1 Å². The number of hydrogen-bond acceptors (Lipinski definition) is 2. The zero-order valence-corrected chi connectivity index (χ0v) is 18.8. The smallest absolute Gasteiger partial charge is 0.354 e. The molecule has 1 heterocycles. The second-order valence-electron chi connectivity index (χ2n) is 8.43. The molecule has 1 atom stereocenters. The third-order valence-electron chi connectivity index (χ3n) is 5.61. The van der Waals surface area contributed by atoms with Crippen LogP contribution in [0.4, 0.5) is 26.3 Å². The Morgan fingerprint density at radius 1 is 1.00 bits per heavy atom. The molecule has 1 unspecified atom stereocenters. The highest BCUT2D eigenvalue weighted by Crippen LogP contribution is 2.37. The van der Waals surface area contributed by atoms with E-state index < -0.39 is 46.9 Å². The molecule has 2 aromatic rings. The first kappa shape index (κ1) is 26.3. The zero-order valence-electron chi connectivity index (χ0n) is 18.8. The monoisotopic (exact) mass is 498 g/mol. The van der Waals surface area contributed by atoms with E-state index in [-0.39, 0.29) is 19.0 Å². The lowest BCUT2D eigenvalue weighted by molar-refractivity contribution is -0.143. The van der Waals surface area contributed by atoms with Gasteiger partial charge in [-0.25, -0.2) is 0 Å². The molecular weight excluding hydrogens is 474 g/mol. The van der Waals surface area contributed by atoms with Crippen LogP contribution in [-0.4, -0.2) is 35.8 Å². The van der Waals surface area contributed by atoms with E-state index in [4.69, 9.17) is 0 Å². The van der Waals surface area contributed by atoms with Crippen molar-refractivity contribution in [3.63, 3.8) is 0 Å². The van der Waals surface area contributed by atoms with Crippen molar-refractivity contribution >= 4 is 17.9 Å². The predicted octanol–water partition coefficient (Wildman–Crippen LogP) is 5.94. The lowest BCUT2D eigenvalue weighted by Crippen LogP contribution is -2.49. The van der Waals surface area contributed by atoms with Crippen molar-refractivity contribution < 1.29 is 35.9 Å². The minimum absolute atomic E-state index is 0.0277. The van der Waals surface area contributed by atoms with Gasteiger partial charge in [-0.1, -0.05) is 42.0 Å². The fourth-order valence-electron chi connectivity index (χ4n) is 3.94. The molecule has 0 radical (unpaired) electrons. The predicted molar refractivity (Wildman–Crippen MR) is 118 cm³/mol. The number of amides is 2. The van der Waals surface area contributed by atoms with Crippen molar-refractivity contribution in [2.75, 3.05) is 13.1 Å². The molecule has 2 aromatic carbocycles. The Hall–Kier alpha value is -3.30. The molecule has 2 amide bonds. The minimum Gasteiger partial charge on any atom is -0.354 e. The fourth-order valence-corrected chi connectivity index (χ4v) is 3.94. The van der Waals surface area contributed by atoms with Gasteiger partial charge in [0.05, 0.1) is 11.1 Å². The molecule has 0 spiro atoms. The second kappa shape index (κ2) is 10.5. The lowest BCUT2D eigenvalue weighted by atomic mass is 10.0. The molecule has 0 saturated carbocycles. The number of carbonyl (C=O) groups excluding carboxylic acids is 2. The zero-order chi connectivity index (χ0) is 25.8. The Morgan fingerprint density at radius 3 is 2.17 bits per heavy atom. The highest BCUT2D eigenvalue weighted by molar-refractivity contribution is 5.98. The van der Waals surface area contributed by atoms with Crippen LogP contribution in [0.2, 0.25) is 0 Å². The summed E-state index contributed by atoms with van der Waals surface area (Å²) in [5, 5.41) is 2.66. The fraction of sp³-hybridized carbons (Fsp3) is 0.360. The van der Waals surface area contributed by atoms with Crippen molar-refractivity contribution in [2.45, 2.75) is 44.6 Å². The Morgan fingerprint density at radius 2 is 1.60 bits per heavy atom. The van der Waals surface area contributed by atoms with Gasteiger partial charge in [-0.15, -0.1) is 0 Å². The van der Waals surface area contributed by atoms with E-state index in [0.717, 1.165) is 10.5 Å². The summed E-state index contributed by atoms with van der Waals surface area (Å²) in [6.07, 6.45) is -7.01. The number of hydrogen-bond donors (Lipinski definition) is 1. The second-order valence-corrected chi connectivity index (χ2v) is 8.43. The van der Waals surface area contributed by atoms with Gasteiger partial charge in [0, 0.05) is 18.7 Å². The average Bonchev–Trinajstić information content (AvgIpc) is 3.00. The Kier molecular flexibility index (Phi) is 7.92. The lowest BCUT2D eigenvalue weighted by Gasteiger charge is -2.31. The van der Waals surface area contributed by atoms with Gasteiger partial charge in [0.25, 0.3) is 5.91 Å². The average molecular weight is 498 g/mol. The summed E-state index contributed by atoms with van der Waals surface area (Å²) in [7, 11) is 0. The van der Waals surface area contributed by atoms with Crippen molar-refractivity contribution in [1.29, 1.82) is 0 Å². The maximum absolute atomic E-state index is 13.4. The van der Waals surface area contributed by atoms with Gasteiger partial charge in [0.15, 0.2) is 0 Å². The van der Waals surface area contributed by atoms with Gasteiger partial charge in [-0.3, -0.25) is 9.59 Å². The van der Waals surface area contributed by atoms with Crippen LogP contribution < -0.4 is 5.32 Å². The summed E-state index contributed by atoms with van der Waals surface area (Å²) in [6, 6.07) is 8.74. The van der Waals surface area contributed by atoms with Gasteiger partial charge in [0.1, 0.15) is 6.04 Å². The maximum Gasteiger partial charge on any atom is 0.416 e. The summed E-state index contributed by atoms with van der Waals surface area (Å²) in [5.74, 6) is -1.57. The molecule has 1 fully saturated rings. The van der Waals surface area contributed by atoms with Crippen LogP contribution in [-0.2, 0) is 17.1 Å². The number of rotatable bonds is 5. The maximum atomic E-state index is 13.4. The van der Waals surface area contributed by atoms with Gasteiger partial charge < -0.3 is 10.2 Å². The molecule has 0 aliphatic carbocycles. The molecule has 1 aliphatic heterocycles. The third-order valence-corrected chi connectivity index (χ3v) is 5.61. The van der Waals surface area contributed by atoms with Crippen LogP contribution in [0.15, 0.2) is 54.1 Å². The van der Waals surface area contributed by atoms with Crippen LogP contribution in [0.3, 0.4) is 0 Å². The largest absolute Gasteiger partial charge is 0.416 e. The summed E-state index contributed by atoms with van der Waals surface area (Å²) in [4.78, 5) is 27.2. The highest BCUT2D eigenvalue weighted by atomic mass is 19.4. The van der Waals surface area contributed by atoms with E-state index in [1.54, 1.807) is 37.3 Å². The molecule has 1 N–H and O–H groups in total. The van der Waals surface area contributed by atoms with Crippen LogP contribution in [0.25, 0.3) is 6.08 Å². The number of nitrogens with one attached hydrogen (secondary N) is 1. The number of alkyl halides is 6. The number of carbonyl (C=O) groups is 2. The molecule has 1 aliphatic rings. The van der Waals surface area contributed by atoms with E-state index in [1.165, 1.54) is 0 Å². The Labute approximate surface area is 198 Å². The molecule has 0 aromatic heterocycles. The SMILES string of the molecule is C/C(=C\c1ccccc1)CN(C(=O)c1cc(C(F)(F)F)cc(C(F)(F)F)c1)C1CCCCNC1=O. The van der Waals surface area contributed by atoms with Gasteiger partial charge in [-0.05, 0) is 49.9 Å². The van der Waals surface area contributed by atoms with E-state index in [1.807, 2.05) is 6.07 Å². The summed E-state index contributed by atoms with van der Waals surface area (Å²) in [5.41, 5.74) is -2.56. The normalized spacial score (nSPS) is 17.5. The first-order chi connectivity index (χ1) is 16.4. The first-order valence-corrected chi connectivity index (χ1v) is 11.0. The van der Waals surface area contributed by atoms with E-state index in [9.17, 15) is 35.9 Å². The van der Waals surface area contributed by atoms with Gasteiger partial charge >= 0.3 is 12.4 Å². The number of benzene rings is 2. The van der Waals surface area contributed by atoms with Crippen molar-refractivity contribution in [3.8, 4) is 0 Å². The molecule has 188 valence electrons. The van der Waals surface area contributed by atoms with E-state index >= 15 is 0 Å². The summed E-state index contributed by atoms with van der Waals surface area (Å²) >= 11 is 0. The molecule has 10 heteroatoms. The quantitative estimate of drug-likeness (QED) is 0.519. The minimum atomic E-state index is -5.09. The number of halogens is 6. The van der Waals surface area contributed by atoms with Crippen LogP contribution in [0.1, 0.15) is 53.2 Å². The highest BCUT2D eigenvalue weighted by Gasteiger charge is 2.39. The van der Waals surface area contributed by atoms with Crippen LogP contribution >= 0.6 is 0 Å². The summed E-state index contributed by atoms with van der Waals surface area (Å²) < 4.78 is 80.1. The van der Waals surface area contributed by atoms with Crippen molar-refractivity contribution in [1.82, 2.24) is 10.2 Å².